The molecule has 5 heterocycles. The summed E-state index contributed by atoms with van der Waals surface area (Å²) >= 11 is 0. The van der Waals surface area contributed by atoms with Crippen LogP contribution in [0.5, 0.6) is 0 Å². The topological polar surface area (TPSA) is 19.4 Å². The van der Waals surface area contributed by atoms with Crippen LogP contribution in [-0.2, 0) is 16.2 Å². The number of fused-ring (bicyclic) bond motifs is 24. The van der Waals surface area contributed by atoms with Crippen molar-refractivity contribution in [1.29, 1.82) is 0 Å². The SMILES string of the molecule is CC(C)(C)c1nc2c3c4c(cc2c2ccccc12)N1c2ccccc2C2(c5ccccc5-c5cccc6cccc2c56)c2cccc(c21)B4c1cccc2c1N3c1ccccc1C21c2ccccc2-c2cccc3cccc1c23. The van der Waals surface area contributed by atoms with Crippen LogP contribution in [0.1, 0.15) is 71.0 Å². The van der Waals surface area contributed by atoms with E-state index in [1.165, 1.54) is 150 Å². The zero-order valence-electron chi connectivity index (χ0n) is 43.9. The van der Waals surface area contributed by atoms with E-state index in [1.54, 1.807) is 0 Å². The summed E-state index contributed by atoms with van der Waals surface area (Å²) < 4.78 is 0. The Hall–Kier alpha value is -9.51. The normalized spacial score (nSPS) is 17.8. The molecule has 4 heteroatoms. The maximum atomic E-state index is 6.08. The van der Waals surface area contributed by atoms with Crippen molar-refractivity contribution in [1.82, 2.24) is 4.98 Å². The van der Waals surface area contributed by atoms with Crippen molar-refractivity contribution in [2.45, 2.75) is 37.0 Å². The third-order valence-electron chi connectivity index (χ3n) is 19.4. The van der Waals surface area contributed by atoms with Crippen LogP contribution in [0.2, 0.25) is 0 Å². The second-order valence-electron chi connectivity index (χ2n) is 23.9. The molecule has 6 aliphatic rings. The molecule has 2 atom stereocenters. The molecule has 366 valence electrons. The van der Waals surface area contributed by atoms with Gasteiger partial charge in [0.1, 0.15) is 0 Å². The lowest BCUT2D eigenvalue weighted by atomic mass is 9.32. The van der Waals surface area contributed by atoms with E-state index < -0.39 is 10.8 Å². The Kier molecular flexibility index (Phi) is 7.73. The fraction of sp³-hybridized carbons (Fsp3) is 0.0800. The van der Waals surface area contributed by atoms with Crippen LogP contribution in [0, 0.1) is 0 Å². The highest BCUT2D eigenvalue weighted by molar-refractivity contribution is 7.00. The van der Waals surface area contributed by atoms with Crippen LogP contribution < -0.4 is 26.2 Å². The first-order valence-corrected chi connectivity index (χ1v) is 28.1. The lowest BCUT2D eigenvalue weighted by Crippen LogP contribution is -2.63. The number of hydrogen-bond donors (Lipinski definition) is 0. The molecule has 19 rings (SSSR count). The van der Waals surface area contributed by atoms with Gasteiger partial charge in [-0.1, -0.05) is 239 Å². The van der Waals surface area contributed by atoms with Gasteiger partial charge in [0, 0.05) is 33.2 Å². The first kappa shape index (κ1) is 42.6. The van der Waals surface area contributed by atoms with Crippen LogP contribution in [0.15, 0.2) is 237 Å². The summed E-state index contributed by atoms with van der Waals surface area (Å²) in [5, 5.41) is 8.78. The number of nitrogens with zero attached hydrogens (tertiary/aromatic N) is 3. The zero-order valence-corrected chi connectivity index (χ0v) is 43.9. The fourth-order valence-corrected chi connectivity index (χ4v) is 16.8. The smallest absolute Gasteiger partial charge is 0.252 e. The maximum absolute atomic E-state index is 6.08. The summed E-state index contributed by atoms with van der Waals surface area (Å²) in [5.41, 5.74) is 27.6. The molecular formula is C75H48BN3. The van der Waals surface area contributed by atoms with E-state index in [-0.39, 0.29) is 12.1 Å². The minimum Gasteiger partial charge on any atom is -0.311 e. The fourth-order valence-electron chi connectivity index (χ4n) is 16.8. The second kappa shape index (κ2) is 14.3. The van der Waals surface area contributed by atoms with E-state index in [1.807, 2.05) is 0 Å². The Morgan fingerprint density at radius 3 is 1.35 bits per heavy atom. The van der Waals surface area contributed by atoms with E-state index in [0.29, 0.717) is 0 Å². The van der Waals surface area contributed by atoms with Gasteiger partial charge >= 0.3 is 0 Å². The Labute approximate surface area is 458 Å². The van der Waals surface area contributed by atoms with Crippen molar-refractivity contribution in [2.75, 3.05) is 9.80 Å². The molecule has 0 N–H and O–H groups in total. The highest BCUT2D eigenvalue weighted by Gasteiger charge is 2.58. The average molecular weight is 1000 g/mol. The van der Waals surface area contributed by atoms with Crippen LogP contribution in [0.25, 0.3) is 65.5 Å². The lowest BCUT2D eigenvalue weighted by molar-refractivity contribution is 0.578. The van der Waals surface area contributed by atoms with Gasteiger partial charge in [0.05, 0.1) is 39.1 Å². The van der Waals surface area contributed by atoms with Crippen molar-refractivity contribution in [2.24, 2.45) is 0 Å². The molecule has 0 amide bonds. The first-order chi connectivity index (χ1) is 38.9. The standard InChI is InChI=1S/C75H48BN3/c1-73(2,3)72-50-27-5-4-24-45(50)51-42-64-67-71(68(51)77-72)79-63-41-13-11-33-55(63)75(53-31-9-7-26-47(53)49-29-15-21-44-23-17-35-57(75)66(44)49)59-37-19-39-61(70(59)79)76(67)60-38-18-36-58-69(60)78(64)62-40-12-10-32-54(62)74(58)52-30-8-6-25-46(52)48-28-14-20-43-22-16-34-56(74)65(43)48/h4-42H,1-3H3. The van der Waals surface area contributed by atoms with Gasteiger partial charge in [0.2, 0.25) is 0 Å². The number of aromatic nitrogens is 1. The van der Waals surface area contributed by atoms with Gasteiger partial charge in [-0.15, -0.1) is 0 Å². The summed E-state index contributed by atoms with van der Waals surface area (Å²) in [6.45, 7) is 6.83. The minimum atomic E-state index is -0.651. The Morgan fingerprint density at radius 1 is 0.354 bits per heavy atom. The van der Waals surface area contributed by atoms with Crippen LogP contribution in [0.3, 0.4) is 0 Å². The Bertz CT molecular complexity index is 4980. The number of pyridine rings is 1. The van der Waals surface area contributed by atoms with E-state index in [2.05, 4.69) is 267 Å². The van der Waals surface area contributed by atoms with Gasteiger partial charge in [-0.3, -0.25) is 0 Å². The van der Waals surface area contributed by atoms with E-state index in [9.17, 15) is 0 Å². The molecule has 12 aromatic carbocycles. The van der Waals surface area contributed by atoms with Crippen molar-refractivity contribution >= 4 is 100 Å². The number of hydrogen-bond acceptors (Lipinski definition) is 3. The summed E-state index contributed by atoms with van der Waals surface area (Å²) in [4.78, 5) is 11.5. The number of anilines is 6. The predicted molar refractivity (Wildman–Crippen MR) is 329 cm³/mol. The lowest BCUT2D eigenvalue weighted by Gasteiger charge is -2.55. The molecule has 0 radical (unpaired) electrons. The van der Waals surface area contributed by atoms with Crippen molar-refractivity contribution in [3.63, 3.8) is 0 Å². The Balaban J connectivity index is 1.02. The van der Waals surface area contributed by atoms with Crippen LogP contribution in [-0.4, -0.2) is 11.7 Å². The first-order valence-electron chi connectivity index (χ1n) is 28.1. The Morgan fingerprint density at radius 2 is 0.785 bits per heavy atom. The van der Waals surface area contributed by atoms with Crippen LogP contribution in [0.4, 0.5) is 34.1 Å². The van der Waals surface area contributed by atoms with Crippen LogP contribution >= 0.6 is 0 Å². The monoisotopic (exact) mass is 1000 g/mol. The zero-order chi connectivity index (χ0) is 51.8. The molecule has 1 aromatic heterocycles. The second-order valence-corrected chi connectivity index (χ2v) is 23.9. The number of rotatable bonds is 0. The number of benzene rings is 12. The molecule has 4 aliphatic heterocycles. The van der Waals surface area contributed by atoms with E-state index in [4.69, 9.17) is 4.98 Å². The molecule has 79 heavy (non-hydrogen) atoms. The van der Waals surface area contributed by atoms with Crippen molar-refractivity contribution in [3.05, 3.63) is 287 Å². The van der Waals surface area contributed by atoms with Crippen molar-refractivity contribution < 1.29 is 0 Å². The summed E-state index contributed by atoms with van der Waals surface area (Å²) in [5.74, 6) is 0. The molecule has 2 unspecified atom stereocenters. The molecule has 13 aromatic rings. The molecule has 0 saturated carbocycles. The molecule has 0 saturated heterocycles. The van der Waals surface area contributed by atoms with Gasteiger partial charge in [-0.25, -0.2) is 4.98 Å². The van der Waals surface area contributed by atoms with Gasteiger partial charge < -0.3 is 9.80 Å². The molecule has 0 bridgehead atoms. The third-order valence-corrected chi connectivity index (χ3v) is 19.4. The maximum Gasteiger partial charge on any atom is 0.252 e. The number of para-hydroxylation sites is 4. The highest BCUT2D eigenvalue weighted by Crippen LogP contribution is 2.66. The van der Waals surface area contributed by atoms with Gasteiger partial charge in [0.15, 0.2) is 0 Å². The van der Waals surface area contributed by atoms with E-state index in [0.717, 1.165) is 16.6 Å². The molecule has 3 nitrogen and oxygen atoms in total. The van der Waals surface area contributed by atoms with Crippen molar-refractivity contribution in [3.8, 4) is 22.3 Å². The predicted octanol–water partition coefficient (Wildman–Crippen LogP) is 16.4. The molecule has 2 aliphatic carbocycles. The minimum absolute atomic E-state index is 0.147. The largest absolute Gasteiger partial charge is 0.311 e. The van der Waals surface area contributed by atoms with Gasteiger partial charge in [-0.05, 0) is 128 Å². The summed E-state index contributed by atoms with van der Waals surface area (Å²) in [7, 11) is 0. The quantitative estimate of drug-likeness (QED) is 0.111. The molecule has 0 fully saturated rings. The molecular weight excluding hydrogens is 954 g/mol. The molecule has 2 spiro atoms. The summed E-state index contributed by atoms with van der Waals surface area (Å²) in [6.07, 6.45) is 0. The highest BCUT2D eigenvalue weighted by atomic mass is 15.2. The average Bonchev–Trinajstić information content (AvgIpc) is 3.66. The summed E-state index contributed by atoms with van der Waals surface area (Å²) in [6, 6.07) is 91.4. The van der Waals surface area contributed by atoms with Gasteiger partial charge in [-0.2, -0.15) is 0 Å². The third kappa shape index (κ3) is 4.79. The van der Waals surface area contributed by atoms with Gasteiger partial charge in [0.25, 0.3) is 6.71 Å². The van der Waals surface area contributed by atoms with E-state index >= 15 is 0 Å².